The molecule has 1 fully saturated rings. The van der Waals surface area contributed by atoms with E-state index in [1.54, 1.807) is 6.08 Å². The van der Waals surface area contributed by atoms with Crippen LogP contribution in [0.25, 0.3) is 0 Å². The summed E-state index contributed by atoms with van der Waals surface area (Å²) in [6, 6.07) is 8.10. The van der Waals surface area contributed by atoms with Crippen molar-refractivity contribution >= 4 is 6.21 Å². The molecule has 0 aliphatic heterocycles. The minimum absolute atomic E-state index is 0.409. The van der Waals surface area contributed by atoms with E-state index >= 15 is 0 Å². The van der Waals surface area contributed by atoms with E-state index in [4.69, 9.17) is 5.21 Å². The van der Waals surface area contributed by atoms with Crippen molar-refractivity contribution < 1.29 is 9.60 Å². The summed E-state index contributed by atoms with van der Waals surface area (Å²) in [7, 11) is 0. The monoisotopic (exact) mass is 247 g/mol. The van der Waals surface area contributed by atoms with E-state index in [2.05, 4.69) is 17.3 Å². The first-order valence-electron chi connectivity index (χ1n) is 6.37. The van der Waals surface area contributed by atoms with Crippen molar-refractivity contribution in [1.82, 2.24) is 0 Å². The minimum Gasteiger partial charge on any atom is -0.411 e. The third-order valence-electron chi connectivity index (χ3n) is 3.73. The van der Waals surface area contributed by atoms with Gasteiger partial charge in [-0.1, -0.05) is 35.5 Å². The molecule has 0 heterocycles. The van der Waals surface area contributed by atoms with E-state index < -0.39 is 0 Å². The summed E-state index contributed by atoms with van der Waals surface area (Å²) < 4.78 is 12.1. The molecule has 1 aliphatic carbocycles. The zero-order valence-electron chi connectivity index (χ0n) is 10.3. The number of halogens is 1. The number of oxime groups is 1. The van der Waals surface area contributed by atoms with Crippen LogP contribution in [-0.2, 0) is 0 Å². The highest BCUT2D eigenvalue weighted by atomic mass is 19.1. The van der Waals surface area contributed by atoms with Gasteiger partial charge in [0.05, 0.1) is 12.5 Å². The molecule has 0 radical (unpaired) electrons. The van der Waals surface area contributed by atoms with Gasteiger partial charge in [-0.05, 0) is 48.6 Å². The van der Waals surface area contributed by atoms with Gasteiger partial charge in [0, 0.05) is 0 Å². The predicted molar refractivity (Wildman–Crippen MR) is 70.8 cm³/mol. The third kappa shape index (κ3) is 3.19. The first kappa shape index (κ1) is 12.8. The topological polar surface area (TPSA) is 32.6 Å². The highest BCUT2D eigenvalue weighted by molar-refractivity contribution is 5.78. The van der Waals surface area contributed by atoms with Crippen LogP contribution in [0.2, 0.25) is 0 Å². The van der Waals surface area contributed by atoms with E-state index in [9.17, 15) is 4.39 Å². The lowest BCUT2D eigenvalue weighted by molar-refractivity contribution is 0.322. The second-order valence-corrected chi connectivity index (χ2v) is 4.84. The average Bonchev–Trinajstić information content (AvgIpc) is 2.41. The van der Waals surface area contributed by atoms with Crippen LogP contribution in [0.1, 0.15) is 42.7 Å². The molecule has 18 heavy (non-hydrogen) atoms. The lowest BCUT2D eigenvalue weighted by Crippen LogP contribution is -2.11. The summed E-state index contributed by atoms with van der Waals surface area (Å²) in [4.78, 5) is 0. The third-order valence-corrected chi connectivity index (χ3v) is 3.73. The standard InChI is InChI=1S/C15H18FNO/c16-10-9-12-1-5-14(6-2-12)15-7-3-13(4-8-15)11-17-18/h3-4,7-12,14,18H,1-2,5-6H2/t12-,14-. The molecule has 3 heteroatoms. The fourth-order valence-corrected chi connectivity index (χ4v) is 2.67. The van der Waals surface area contributed by atoms with Gasteiger partial charge in [-0.15, -0.1) is 0 Å². The van der Waals surface area contributed by atoms with E-state index in [1.165, 1.54) is 11.8 Å². The van der Waals surface area contributed by atoms with Crippen LogP contribution in [-0.4, -0.2) is 11.4 Å². The second kappa shape index (κ2) is 6.34. The number of hydrogen-bond acceptors (Lipinski definition) is 2. The molecule has 1 aromatic carbocycles. The minimum atomic E-state index is 0.409. The van der Waals surface area contributed by atoms with Crippen molar-refractivity contribution in [2.24, 2.45) is 11.1 Å². The quantitative estimate of drug-likeness (QED) is 0.483. The van der Waals surface area contributed by atoms with Gasteiger partial charge in [0.25, 0.3) is 0 Å². The van der Waals surface area contributed by atoms with Crippen molar-refractivity contribution in [3.05, 3.63) is 47.8 Å². The Morgan fingerprint density at radius 3 is 2.33 bits per heavy atom. The normalized spacial score (nSPS) is 24.9. The van der Waals surface area contributed by atoms with Crippen LogP contribution in [0.4, 0.5) is 4.39 Å². The van der Waals surface area contributed by atoms with Gasteiger partial charge in [0.15, 0.2) is 0 Å². The molecule has 1 aliphatic rings. The maximum atomic E-state index is 12.1. The number of nitrogens with zero attached hydrogens (tertiary/aromatic N) is 1. The van der Waals surface area contributed by atoms with E-state index in [1.807, 2.05) is 12.1 Å². The summed E-state index contributed by atoms with van der Waals surface area (Å²) in [5.74, 6) is 0.987. The van der Waals surface area contributed by atoms with E-state index in [0.29, 0.717) is 18.2 Å². The van der Waals surface area contributed by atoms with Crippen LogP contribution in [0.5, 0.6) is 0 Å². The van der Waals surface area contributed by atoms with Gasteiger partial charge >= 0.3 is 0 Å². The molecule has 2 rings (SSSR count). The lowest BCUT2D eigenvalue weighted by Gasteiger charge is -2.26. The fourth-order valence-electron chi connectivity index (χ4n) is 2.67. The Morgan fingerprint density at radius 2 is 1.78 bits per heavy atom. The summed E-state index contributed by atoms with van der Waals surface area (Å²) in [6.45, 7) is 0. The Labute approximate surface area is 107 Å². The van der Waals surface area contributed by atoms with Crippen molar-refractivity contribution in [2.45, 2.75) is 31.6 Å². The largest absolute Gasteiger partial charge is 0.411 e. The molecular formula is C15H18FNO. The van der Waals surface area contributed by atoms with E-state index in [0.717, 1.165) is 31.2 Å². The molecule has 1 saturated carbocycles. The molecule has 0 amide bonds. The van der Waals surface area contributed by atoms with Gasteiger partial charge in [-0.3, -0.25) is 0 Å². The lowest BCUT2D eigenvalue weighted by atomic mass is 9.79. The summed E-state index contributed by atoms with van der Waals surface area (Å²) in [5.41, 5.74) is 2.23. The smallest absolute Gasteiger partial charge is 0.0829 e. The first-order valence-corrected chi connectivity index (χ1v) is 6.37. The summed E-state index contributed by atoms with van der Waals surface area (Å²) >= 11 is 0. The highest BCUT2D eigenvalue weighted by Crippen LogP contribution is 2.36. The predicted octanol–water partition coefficient (Wildman–Crippen LogP) is 4.25. The zero-order chi connectivity index (χ0) is 12.8. The Bertz CT molecular complexity index is 417. The fraction of sp³-hybridized carbons (Fsp3) is 0.400. The maximum Gasteiger partial charge on any atom is 0.0829 e. The van der Waals surface area contributed by atoms with Gasteiger partial charge in [0.2, 0.25) is 0 Å². The highest BCUT2D eigenvalue weighted by Gasteiger charge is 2.20. The molecule has 0 unspecified atom stereocenters. The molecule has 0 aromatic heterocycles. The zero-order valence-corrected chi connectivity index (χ0v) is 10.3. The van der Waals surface area contributed by atoms with Gasteiger partial charge in [-0.25, -0.2) is 4.39 Å². The second-order valence-electron chi connectivity index (χ2n) is 4.84. The summed E-state index contributed by atoms with van der Waals surface area (Å²) in [6.07, 6.45) is 8.12. The average molecular weight is 247 g/mol. The van der Waals surface area contributed by atoms with E-state index in [-0.39, 0.29) is 0 Å². The van der Waals surface area contributed by atoms with Gasteiger partial charge in [0.1, 0.15) is 0 Å². The first-order chi connectivity index (χ1) is 8.83. The molecule has 0 saturated heterocycles. The van der Waals surface area contributed by atoms with Crippen LogP contribution in [0.3, 0.4) is 0 Å². The van der Waals surface area contributed by atoms with Crippen LogP contribution >= 0.6 is 0 Å². The number of rotatable bonds is 3. The molecule has 0 bridgehead atoms. The molecule has 0 spiro atoms. The van der Waals surface area contributed by atoms with Gasteiger partial charge < -0.3 is 5.21 Å². The Balaban J connectivity index is 1.97. The van der Waals surface area contributed by atoms with Crippen molar-refractivity contribution in [3.63, 3.8) is 0 Å². The molecule has 96 valence electrons. The van der Waals surface area contributed by atoms with Crippen LogP contribution in [0.15, 0.2) is 41.8 Å². The Kier molecular flexibility index (Phi) is 4.51. The van der Waals surface area contributed by atoms with Crippen molar-refractivity contribution in [3.8, 4) is 0 Å². The Morgan fingerprint density at radius 1 is 1.11 bits per heavy atom. The van der Waals surface area contributed by atoms with Crippen LogP contribution in [0, 0.1) is 5.92 Å². The maximum absolute atomic E-state index is 12.1. The van der Waals surface area contributed by atoms with Crippen molar-refractivity contribution in [2.75, 3.05) is 0 Å². The molecule has 0 atom stereocenters. The number of allylic oxidation sites excluding steroid dienone is 1. The molecule has 2 nitrogen and oxygen atoms in total. The molecular weight excluding hydrogens is 229 g/mol. The number of hydrogen-bond donors (Lipinski definition) is 1. The molecule has 1 N–H and O–H groups in total. The Hall–Kier alpha value is -1.64. The molecule has 1 aromatic rings. The van der Waals surface area contributed by atoms with Crippen LogP contribution < -0.4 is 0 Å². The number of benzene rings is 1. The van der Waals surface area contributed by atoms with Gasteiger partial charge in [-0.2, -0.15) is 0 Å². The summed E-state index contributed by atoms with van der Waals surface area (Å²) in [5, 5.41) is 11.5. The SMILES string of the molecule is ON=Cc1ccc([C@H]2CC[C@H](C=CF)CC2)cc1. The van der Waals surface area contributed by atoms with Crippen molar-refractivity contribution in [1.29, 1.82) is 0 Å².